The average molecular weight is 339 g/mol. The van der Waals surface area contributed by atoms with E-state index >= 15 is 0 Å². The Bertz CT molecular complexity index is 1070. The second kappa shape index (κ2) is 5.84. The molecule has 25 heavy (non-hydrogen) atoms. The summed E-state index contributed by atoms with van der Waals surface area (Å²) < 4.78 is 21.5. The van der Waals surface area contributed by atoms with E-state index in [0.29, 0.717) is 28.7 Å². The minimum Gasteiger partial charge on any atom is -0.480 e. The number of nitrogens with one attached hydrogen (secondary N) is 1. The van der Waals surface area contributed by atoms with Gasteiger partial charge in [0.25, 0.3) is 0 Å². The third-order valence-electron chi connectivity index (χ3n) is 4.08. The fourth-order valence-corrected chi connectivity index (χ4v) is 3.01. The van der Waals surface area contributed by atoms with E-state index in [1.807, 2.05) is 6.20 Å². The Morgan fingerprint density at radius 2 is 2.16 bits per heavy atom. The van der Waals surface area contributed by atoms with Crippen LogP contribution in [0.25, 0.3) is 27.8 Å². The van der Waals surface area contributed by atoms with Crippen LogP contribution in [0.5, 0.6) is 5.88 Å². The van der Waals surface area contributed by atoms with Crippen molar-refractivity contribution in [3.63, 3.8) is 0 Å². The van der Waals surface area contributed by atoms with E-state index in [2.05, 4.69) is 33.8 Å². The second-order valence-electron chi connectivity index (χ2n) is 6.41. The molecule has 0 unspecified atom stereocenters. The number of pyridine rings is 1. The van der Waals surface area contributed by atoms with Gasteiger partial charge in [-0.3, -0.25) is 0 Å². The molecule has 0 saturated carbocycles. The molecule has 7 heteroatoms. The topological polar surface area (TPSA) is 68.1 Å². The third kappa shape index (κ3) is 2.61. The maximum absolute atomic E-state index is 14.3. The number of ether oxygens (including phenoxy) is 1. The summed E-state index contributed by atoms with van der Waals surface area (Å²) >= 11 is 0. The molecular formula is C18H18FN5O. The van der Waals surface area contributed by atoms with Crippen molar-refractivity contribution < 1.29 is 9.13 Å². The lowest BCUT2D eigenvalue weighted by Crippen LogP contribution is -2.03. The quantitative estimate of drug-likeness (QED) is 0.617. The van der Waals surface area contributed by atoms with Crippen molar-refractivity contribution in [3.05, 3.63) is 42.5 Å². The summed E-state index contributed by atoms with van der Waals surface area (Å²) in [7, 11) is 1.58. The highest BCUT2D eigenvalue weighted by molar-refractivity contribution is 5.97. The number of fused-ring (bicyclic) bond motifs is 2. The van der Waals surface area contributed by atoms with Gasteiger partial charge in [0.15, 0.2) is 11.5 Å². The van der Waals surface area contributed by atoms with Crippen LogP contribution < -0.4 is 4.74 Å². The summed E-state index contributed by atoms with van der Waals surface area (Å²) in [6.45, 7) is 4.23. The van der Waals surface area contributed by atoms with Crippen LogP contribution in [-0.2, 0) is 6.42 Å². The molecular weight excluding hydrogens is 321 g/mol. The van der Waals surface area contributed by atoms with Crippen LogP contribution in [0.3, 0.4) is 0 Å². The third-order valence-corrected chi connectivity index (χ3v) is 4.08. The van der Waals surface area contributed by atoms with Crippen LogP contribution in [0.15, 0.2) is 30.9 Å². The number of halogens is 1. The van der Waals surface area contributed by atoms with Gasteiger partial charge in [0.05, 0.1) is 12.5 Å². The zero-order valence-electron chi connectivity index (χ0n) is 14.2. The molecule has 0 fully saturated rings. The summed E-state index contributed by atoms with van der Waals surface area (Å²) in [5, 5.41) is 0.744. The molecule has 0 aromatic carbocycles. The fourth-order valence-electron chi connectivity index (χ4n) is 3.01. The van der Waals surface area contributed by atoms with Crippen molar-refractivity contribution in [2.24, 2.45) is 5.92 Å². The molecule has 0 aliphatic heterocycles. The highest BCUT2D eigenvalue weighted by Gasteiger charge is 2.17. The first-order valence-electron chi connectivity index (χ1n) is 8.11. The Labute approximate surface area is 143 Å². The first-order chi connectivity index (χ1) is 12.1. The Hall–Kier alpha value is -2.96. The Morgan fingerprint density at radius 3 is 2.92 bits per heavy atom. The van der Waals surface area contributed by atoms with Crippen molar-refractivity contribution in [1.82, 2.24) is 24.3 Å². The van der Waals surface area contributed by atoms with Gasteiger partial charge in [0, 0.05) is 42.3 Å². The van der Waals surface area contributed by atoms with E-state index in [1.165, 1.54) is 6.07 Å². The van der Waals surface area contributed by atoms with Gasteiger partial charge in [0.2, 0.25) is 5.88 Å². The number of imidazole rings is 1. The van der Waals surface area contributed by atoms with Crippen LogP contribution in [0, 0.1) is 11.7 Å². The van der Waals surface area contributed by atoms with E-state index in [4.69, 9.17) is 4.74 Å². The van der Waals surface area contributed by atoms with E-state index in [0.717, 1.165) is 23.2 Å². The number of methoxy groups -OCH3 is 1. The molecule has 4 aromatic rings. The molecule has 0 spiro atoms. The number of aromatic nitrogens is 5. The minimum absolute atomic E-state index is 0.297. The zero-order chi connectivity index (χ0) is 17.6. The molecule has 0 atom stereocenters. The molecule has 6 nitrogen and oxygen atoms in total. The van der Waals surface area contributed by atoms with Gasteiger partial charge in [0.1, 0.15) is 11.5 Å². The van der Waals surface area contributed by atoms with Gasteiger partial charge < -0.3 is 14.1 Å². The minimum atomic E-state index is -0.381. The molecule has 4 heterocycles. The van der Waals surface area contributed by atoms with Gasteiger partial charge in [-0.2, -0.15) is 4.98 Å². The van der Waals surface area contributed by atoms with Crippen LogP contribution in [-0.4, -0.2) is 31.4 Å². The molecule has 0 aliphatic carbocycles. The lowest BCUT2D eigenvalue weighted by molar-refractivity contribution is 0.399. The predicted molar refractivity (Wildman–Crippen MR) is 93.1 cm³/mol. The van der Waals surface area contributed by atoms with Crippen molar-refractivity contribution in [2.45, 2.75) is 20.3 Å². The molecule has 0 amide bonds. The SMILES string of the molecule is COc1nc(CC(C)C)nc2[nH]cc(-c3cc(F)c4nccn4c3)c12. The summed E-state index contributed by atoms with van der Waals surface area (Å²) in [4.78, 5) is 16.3. The second-order valence-corrected chi connectivity index (χ2v) is 6.41. The molecule has 0 radical (unpaired) electrons. The summed E-state index contributed by atoms with van der Waals surface area (Å²) in [5.74, 6) is 1.27. The number of aromatic amines is 1. The zero-order valence-corrected chi connectivity index (χ0v) is 14.2. The van der Waals surface area contributed by atoms with Crippen molar-refractivity contribution in [1.29, 1.82) is 0 Å². The van der Waals surface area contributed by atoms with Gasteiger partial charge in [-0.1, -0.05) is 13.8 Å². The standard InChI is InChI=1S/C18H18FN5O/c1-10(2)6-14-22-16-15(18(23-14)25-3)12(8-21-16)11-7-13(19)17-20-4-5-24(17)9-11/h4-5,7-10H,6H2,1-3H3,(H,21,22,23). The van der Waals surface area contributed by atoms with Crippen molar-refractivity contribution >= 4 is 16.7 Å². The summed E-state index contributed by atoms with van der Waals surface area (Å²) in [6, 6.07) is 1.46. The van der Waals surface area contributed by atoms with E-state index < -0.39 is 0 Å². The fraction of sp³-hybridized carbons (Fsp3) is 0.278. The highest BCUT2D eigenvalue weighted by Crippen LogP contribution is 2.34. The molecule has 128 valence electrons. The first-order valence-corrected chi connectivity index (χ1v) is 8.11. The Kier molecular flexibility index (Phi) is 3.63. The monoisotopic (exact) mass is 339 g/mol. The van der Waals surface area contributed by atoms with Gasteiger partial charge in [-0.05, 0) is 12.0 Å². The maximum Gasteiger partial charge on any atom is 0.226 e. The number of H-pyrrole nitrogens is 1. The lowest BCUT2D eigenvalue weighted by Gasteiger charge is -2.08. The Morgan fingerprint density at radius 1 is 1.32 bits per heavy atom. The maximum atomic E-state index is 14.3. The number of hydrogen-bond acceptors (Lipinski definition) is 4. The van der Waals surface area contributed by atoms with Crippen LogP contribution in [0.2, 0.25) is 0 Å². The number of nitrogens with zero attached hydrogens (tertiary/aromatic N) is 4. The van der Waals surface area contributed by atoms with Gasteiger partial charge in [-0.15, -0.1) is 0 Å². The van der Waals surface area contributed by atoms with Crippen LogP contribution in [0.4, 0.5) is 4.39 Å². The Balaban J connectivity index is 1.92. The van der Waals surface area contributed by atoms with Crippen LogP contribution >= 0.6 is 0 Å². The molecule has 0 aliphatic rings. The van der Waals surface area contributed by atoms with E-state index in [-0.39, 0.29) is 5.82 Å². The smallest absolute Gasteiger partial charge is 0.226 e. The number of hydrogen-bond donors (Lipinski definition) is 1. The molecule has 4 rings (SSSR count). The summed E-state index contributed by atoms with van der Waals surface area (Å²) in [5.41, 5.74) is 2.47. The van der Waals surface area contributed by atoms with Gasteiger partial charge in [-0.25, -0.2) is 14.4 Å². The van der Waals surface area contributed by atoms with Crippen molar-refractivity contribution in [3.8, 4) is 17.0 Å². The molecule has 4 aromatic heterocycles. The van der Waals surface area contributed by atoms with E-state index in [1.54, 1.807) is 30.1 Å². The first kappa shape index (κ1) is 15.6. The van der Waals surface area contributed by atoms with Crippen LogP contribution in [0.1, 0.15) is 19.7 Å². The molecule has 0 bridgehead atoms. The molecule has 1 N–H and O–H groups in total. The average Bonchev–Trinajstić information content (AvgIpc) is 3.20. The summed E-state index contributed by atoms with van der Waals surface area (Å²) in [6.07, 6.45) is 7.68. The highest BCUT2D eigenvalue weighted by atomic mass is 19.1. The lowest BCUT2D eigenvalue weighted by atomic mass is 10.1. The van der Waals surface area contributed by atoms with Gasteiger partial charge >= 0.3 is 0 Å². The molecule has 0 saturated heterocycles. The van der Waals surface area contributed by atoms with Crippen molar-refractivity contribution in [2.75, 3.05) is 7.11 Å². The largest absolute Gasteiger partial charge is 0.480 e. The van der Waals surface area contributed by atoms with E-state index in [9.17, 15) is 4.39 Å². The number of rotatable bonds is 4. The predicted octanol–water partition coefficient (Wildman–Crippen LogP) is 3.62. The normalized spacial score (nSPS) is 11.7.